The normalized spacial score (nSPS) is 18.9. The van der Waals surface area contributed by atoms with Gasteiger partial charge < -0.3 is 9.47 Å². The average molecular weight is 218 g/mol. The molecule has 0 aromatic heterocycles. The van der Waals surface area contributed by atoms with Gasteiger partial charge in [-0.1, -0.05) is 43.7 Å². The van der Waals surface area contributed by atoms with Gasteiger partial charge in [-0.2, -0.15) is 0 Å². The zero-order valence-electron chi connectivity index (χ0n) is 9.69. The lowest BCUT2D eigenvalue weighted by Gasteiger charge is -2.07. The molecule has 1 aliphatic rings. The second kappa shape index (κ2) is 5.71. The average Bonchev–Trinajstić information content (AvgIpc) is 3.12. The minimum atomic E-state index is 0.313. The van der Waals surface area contributed by atoms with Crippen molar-refractivity contribution in [2.45, 2.75) is 25.9 Å². The molecule has 0 bridgehead atoms. The van der Waals surface area contributed by atoms with E-state index < -0.39 is 0 Å². The van der Waals surface area contributed by atoms with E-state index in [0.29, 0.717) is 12.7 Å². The Morgan fingerprint density at radius 3 is 3.00 bits per heavy atom. The summed E-state index contributed by atoms with van der Waals surface area (Å²) in [5, 5.41) is 0. The van der Waals surface area contributed by atoms with Gasteiger partial charge in [0.15, 0.2) is 0 Å². The summed E-state index contributed by atoms with van der Waals surface area (Å²) in [5.41, 5.74) is 1.15. The molecule has 1 fully saturated rings. The molecule has 1 aromatic rings. The number of benzene rings is 1. The highest BCUT2D eigenvalue weighted by Crippen LogP contribution is 2.21. The Morgan fingerprint density at radius 2 is 2.25 bits per heavy atom. The lowest BCUT2D eigenvalue weighted by molar-refractivity contribution is 0.262. The van der Waals surface area contributed by atoms with E-state index in [1.807, 2.05) is 18.2 Å². The van der Waals surface area contributed by atoms with Gasteiger partial charge in [0.2, 0.25) is 0 Å². The molecule has 0 radical (unpaired) electrons. The number of hydrogen-bond acceptors (Lipinski definition) is 2. The van der Waals surface area contributed by atoms with Gasteiger partial charge in [0.1, 0.15) is 18.5 Å². The number of rotatable bonds is 6. The predicted octanol–water partition coefficient (Wildman–Crippen LogP) is 3.28. The summed E-state index contributed by atoms with van der Waals surface area (Å²) in [7, 11) is 0. The molecular weight excluding hydrogens is 200 g/mol. The fraction of sp³-hybridized carbons (Fsp3) is 0.429. The smallest absolute Gasteiger partial charge is 0.126 e. The van der Waals surface area contributed by atoms with Crippen molar-refractivity contribution < 1.29 is 9.47 Å². The number of hydrogen-bond donors (Lipinski definition) is 0. The molecule has 0 aliphatic carbocycles. The standard InChI is InChI=1S/C14H18O2/c1-2-3-4-7-12-8-5-6-9-14(12)16-11-13-10-15-13/h4-9,13H,2-3,10-11H2,1H3. The number of allylic oxidation sites excluding steroid dienone is 1. The highest BCUT2D eigenvalue weighted by Gasteiger charge is 2.23. The van der Waals surface area contributed by atoms with Crippen LogP contribution in [0.1, 0.15) is 25.3 Å². The lowest BCUT2D eigenvalue weighted by Crippen LogP contribution is -2.04. The minimum Gasteiger partial charge on any atom is -0.490 e. The molecular formula is C14H18O2. The van der Waals surface area contributed by atoms with Gasteiger partial charge in [-0.3, -0.25) is 0 Å². The monoisotopic (exact) mass is 218 g/mol. The Hall–Kier alpha value is -1.28. The topological polar surface area (TPSA) is 21.8 Å². The first kappa shape index (κ1) is 11.2. The van der Waals surface area contributed by atoms with Crippen LogP contribution < -0.4 is 4.74 Å². The van der Waals surface area contributed by atoms with E-state index in [1.54, 1.807) is 0 Å². The SMILES string of the molecule is CCCC=Cc1ccccc1OCC1CO1. The van der Waals surface area contributed by atoms with E-state index in [9.17, 15) is 0 Å². The summed E-state index contributed by atoms with van der Waals surface area (Å²) in [6.07, 6.45) is 6.92. The highest BCUT2D eigenvalue weighted by atomic mass is 16.6. The minimum absolute atomic E-state index is 0.313. The number of epoxide rings is 1. The van der Waals surface area contributed by atoms with Crippen molar-refractivity contribution in [1.82, 2.24) is 0 Å². The van der Waals surface area contributed by atoms with Crippen molar-refractivity contribution in [3.63, 3.8) is 0 Å². The third kappa shape index (κ3) is 3.38. The van der Waals surface area contributed by atoms with Gasteiger partial charge in [-0.05, 0) is 12.5 Å². The molecule has 1 aromatic carbocycles. The van der Waals surface area contributed by atoms with E-state index in [4.69, 9.17) is 9.47 Å². The number of ether oxygens (including phenoxy) is 2. The van der Waals surface area contributed by atoms with Gasteiger partial charge in [0.25, 0.3) is 0 Å². The van der Waals surface area contributed by atoms with Crippen LogP contribution in [0.2, 0.25) is 0 Å². The largest absolute Gasteiger partial charge is 0.490 e. The molecule has 1 aliphatic heterocycles. The number of para-hydroxylation sites is 1. The van der Waals surface area contributed by atoms with Crippen LogP contribution in [-0.4, -0.2) is 19.3 Å². The second-order valence-electron chi connectivity index (χ2n) is 4.00. The van der Waals surface area contributed by atoms with Crippen LogP contribution in [0.3, 0.4) is 0 Å². The van der Waals surface area contributed by atoms with Gasteiger partial charge in [0.05, 0.1) is 6.61 Å². The first-order valence-electron chi connectivity index (χ1n) is 5.90. The Kier molecular flexibility index (Phi) is 4.00. The van der Waals surface area contributed by atoms with Crippen molar-refractivity contribution >= 4 is 6.08 Å². The van der Waals surface area contributed by atoms with Gasteiger partial charge >= 0.3 is 0 Å². The molecule has 1 atom stereocenters. The van der Waals surface area contributed by atoms with Crippen LogP contribution in [0, 0.1) is 0 Å². The fourth-order valence-corrected chi connectivity index (χ4v) is 1.47. The second-order valence-corrected chi connectivity index (χ2v) is 4.00. The third-order valence-corrected chi connectivity index (χ3v) is 2.50. The Balaban J connectivity index is 1.97. The van der Waals surface area contributed by atoms with Crippen LogP contribution >= 0.6 is 0 Å². The van der Waals surface area contributed by atoms with Crippen molar-refractivity contribution in [2.75, 3.05) is 13.2 Å². The Labute approximate surface area is 96.9 Å². The number of unbranched alkanes of at least 4 members (excludes halogenated alkanes) is 1. The van der Waals surface area contributed by atoms with Crippen LogP contribution in [0.15, 0.2) is 30.3 Å². The van der Waals surface area contributed by atoms with Crippen LogP contribution in [-0.2, 0) is 4.74 Å². The van der Waals surface area contributed by atoms with Gasteiger partial charge in [-0.25, -0.2) is 0 Å². The van der Waals surface area contributed by atoms with E-state index in [1.165, 1.54) is 6.42 Å². The van der Waals surface area contributed by atoms with Gasteiger partial charge in [0, 0.05) is 5.56 Å². The van der Waals surface area contributed by atoms with Crippen LogP contribution in [0.5, 0.6) is 5.75 Å². The Bertz CT molecular complexity index is 354. The summed E-state index contributed by atoms with van der Waals surface area (Å²) in [6, 6.07) is 8.12. The molecule has 0 N–H and O–H groups in total. The zero-order chi connectivity index (χ0) is 11.2. The van der Waals surface area contributed by atoms with Crippen LogP contribution in [0.25, 0.3) is 6.08 Å². The molecule has 1 unspecified atom stereocenters. The first-order chi connectivity index (χ1) is 7.90. The van der Waals surface area contributed by atoms with Crippen molar-refractivity contribution in [2.24, 2.45) is 0 Å². The van der Waals surface area contributed by atoms with E-state index in [2.05, 4.69) is 25.1 Å². The molecule has 0 spiro atoms. The molecule has 0 saturated carbocycles. The third-order valence-electron chi connectivity index (χ3n) is 2.50. The fourth-order valence-electron chi connectivity index (χ4n) is 1.47. The molecule has 86 valence electrons. The maximum Gasteiger partial charge on any atom is 0.126 e. The molecule has 0 amide bonds. The van der Waals surface area contributed by atoms with Crippen LogP contribution in [0.4, 0.5) is 0 Å². The zero-order valence-corrected chi connectivity index (χ0v) is 9.69. The summed E-state index contributed by atoms with van der Waals surface area (Å²) >= 11 is 0. The quantitative estimate of drug-likeness (QED) is 0.683. The molecule has 1 saturated heterocycles. The molecule has 2 nitrogen and oxygen atoms in total. The summed E-state index contributed by atoms with van der Waals surface area (Å²) in [6.45, 7) is 3.68. The summed E-state index contributed by atoms with van der Waals surface area (Å²) in [4.78, 5) is 0. The van der Waals surface area contributed by atoms with Crippen molar-refractivity contribution in [1.29, 1.82) is 0 Å². The van der Waals surface area contributed by atoms with E-state index in [-0.39, 0.29) is 0 Å². The highest BCUT2D eigenvalue weighted by molar-refractivity contribution is 5.57. The maximum atomic E-state index is 5.72. The van der Waals surface area contributed by atoms with Crippen molar-refractivity contribution in [3.05, 3.63) is 35.9 Å². The van der Waals surface area contributed by atoms with Gasteiger partial charge in [-0.15, -0.1) is 0 Å². The van der Waals surface area contributed by atoms with E-state index in [0.717, 1.165) is 24.3 Å². The summed E-state index contributed by atoms with van der Waals surface area (Å²) < 4.78 is 10.8. The van der Waals surface area contributed by atoms with Crippen molar-refractivity contribution in [3.8, 4) is 5.75 Å². The molecule has 1 heterocycles. The first-order valence-corrected chi connectivity index (χ1v) is 5.90. The maximum absolute atomic E-state index is 5.72. The predicted molar refractivity (Wildman–Crippen MR) is 65.6 cm³/mol. The van der Waals surface area contributed by atoms with E-state index >= 15 is 0 Å². The molecule has 16 heavy (non-hydrogen) atoms. The summed E-state index contributed by atoms with van der Waals surface area (Å²) in [5.74, 6) is 0.949. The lowest BCUT2D eigenvalue weighted by atomic mass is 10.1. The molecule has 2 rings (SSSR count). The Morgan fingerprint density at radius 1 is 1.44 bits per heavy atom. The molecule has 2 heteroatoms.